The van der Waals surface area contributed by atoms with Gasteiger partial charge >= 0.3 is 7.12 Å². The fourth-order valence-corrected chi connectivity index (χ4v) is 4.22. The summed E-state index contributed by atoms with van der Waals surface area (Å²) in [6.45, 7) is 9.53. The molecule has 2 atom stereocenters. The van der Waals surface area contributed by atoms with E-state index in [1.165, 1.54) is 56.9 Å². The molecule has 1 aromatic carbocycles. The van der Waals surface area contributed by atoms with Crippen LogP contribution in [0.15, 0.2) is 24.3 Å². The Morgan fingerprint density at radius 2 is 1.43 bits per heavy atom. The minimum Gasteiger partial charge on any atom is -0.497 e. The molecule has 0 radical (unpaired) electrons. The molecule has 0 spiro atoms. The summed E-state index contributed by atoms with van der Waals surface area (Å²) in [6.07, 6.45) is 12.1. The van der Waals surface area contributed by atoms with Crippen molar-refractivity contribution in [3.05, 3.63) is 29.8 Å². The topological polar surface area (TPSA) is 40.2 Å². The smallest absolute Gasteiger partial charge is 0.465 e. The average Bonchev–Trinajstić information content (AvgIpc) is 3.49. The van der Waals surface area contributed by atoms with Gasteiger partial charge in [-0.2, -0.15) is 0 Å². The lowest BCUT2D eigenvalue weighted by atomic mass is 9.65. The van der Waals surface area contributed by atoms with Crippen LogP contribution in [0.25, 0.3) is 0 Å². The molecule has 2 heterocycles. The van der Waals surface area contributed by atoms with Crippen LogP contribution < -0.4 is 4.74 Å². The zero-order valence-corrected chi connectivity index (χ0v) is 19.7. The quantitative estimate of drug-likeness (QED) is 0.214. The Bertz CT molecular complexity index is 623. The normalized spacial score (nSPS) is 22.8. The summed E-state index contributed by atoms with van der Waals surface area (Å²) >= 11 is 0. The van der Waals surface area contributed by atoms with E-state index in [0.29, 0.717) is 6.10 Å². The molecular formula is C25H41BO4. The Morgan fingerprint density at radius 1 is 0.900 bits per heavy atom. The van der Waals surface area contributed by atoms with E-state index in [-0.39, 0.29) is 24.1 Å². The maximum absolute atomic E-state index is 6.42. The Labute approximate surface area is 184 Å². The molecule has 0 aliphatic carbocycles. The first-order chi connectivity index (χ1) is 14.3. The first-order valence-corrected chi connectivity index (χ1v) is 11.9. The Kier molecular flexibility index (Phi) is 8.28. The summed E-state index contributed by atoms with van der Waals surface area (Å²) < 4.78 is 23.5. The Morgan fingerprint density at radius 3 is 1.97 bits per heavy atom. The van der Waals surface area contributed by atoms with Gasteiger partial charge in [0.2, 0.25) is 0 Å². The molecule has 30 heavy (non-hydrogen) atoms. The predicted octanol–water partition coefficient (Wildman–Crippen LogP) is 6.32. The van der Waals surface area contributed by atoms with E-state index in [1.54, 1.807) is 7.11 Å². The monoisotopic (exact) mass is 416 g/mol. The molecule has 2 saturated heterocycles. The van der Waals surface area contributed by atoms with Crippen molar-refractivity contribution in [2.45, 2.75) is 109 Å². The molecule has 4 nitrogen and oxygen atoms in total. The first-order valence-electron chi connectivity index (χ1n) is 11.9. The number of epoxide rings is 1. The van der Waals surface area contributed by atoms with E-state index in [2.05, 4.69) is 39.8 Å². The number of ether oxygens (including phenoxy) is 2. The van der Waals surface area contributed by atoms with E-state index >= 15 is 0 Å². The van der Waals surface area contributed by atoms with Crippen molar-refractivity contribution in [2.24, 2.45) is 0 Å². The van der Waals surface area contributed by atoms with Crippen LogP contribution in [0, 0.1) is 0 Å². The molecule has 0 N–H and O–H groups in total. The number of unbranched alkanes of at least 4 members (excludes halogenated alkanes) is 6. The molecule has 168 valence electrons. The second-order valence-electron chi connectivity index (χ2n) is 10.0. The lowest BCUT2D eigenvalue weighted by Crippen LogP contribution is -2.41. The number of benzene rings is 1. The zero-order chi connectivity index (χ0) is 21.6. The summed E-state index contributed by atoms with van der Waals surface area (Å²) in [4.78, 5) is 0. The van der Waals surface area contributed by atoms with E-state index < -0.39 is 0 Å². The van der Waals surface area contributed by atoms with Crippen LogP contribution in [-0.2, 0) is 14.0 Å². The highest BCUT2D eigenvalue weighted by Gasteiger charge is 2.53. The van der Waals surface area contributed by atoms with Crippen molar-refractivity contribution in [2.75, 3.05) is 13.7 Å². The summed E-state index contributed by atoms with van der Waals surface area (Å²) in [5, 5.41) is 0. The van der Waals surface area contributed by atoms with Gasteiger partial charge in [0.25, 0.3) is 0 Å². The van der Waals surface area contributed by atoms with Gasteiger partial charge in [0.15, 0.2) is 0 Å². The van der Waals surface area contributed by atoms with Gasteiger partial charge in [-0.15, -0.1) is 0 Å². The molecule has 1 unspecified atom stereocenters. The largest absolute Gasteiger partial charge is 0.497 e. The van der Waals surface area contributed by atoms with Gasteiger partial charge in [-0.25, -0.2) is 0 Å². The highest BCUT2D eigenvalue weighted by molar-refractivity contribution is 6.47. The molecule has 2 fully saturated rings. The molecule has 0 bridgehead atoms. The lowest BCUT2D eigenvalue weighted by Gasteiger charge is -2.32. The molecule has 1 aromatic rings. The van der Waals surface area contributed by atoms with Crippen LogP contribution in [0.4, 0.5) is 0 Å². The van der Waals surface area contributed by atoms with E-state index in [1.807, 2.05) is 12.1 Å². The molecule has 3 rings (SSSR count). The van der Waals surface area contributed by atoms with Crippen LogP contribution >= 0.6 is 0 Å². The van der Waals surface area contributed by atoms with E-state index in [4.69, 9.17) is 18.8 Å². The van der Waals surface area contributed by atoms with Gasteiger partial charge in [-0.3, -0.25) is 0 Å². The van der Waals surface area contributed by atoms with Crippen molar-refractivity contribution >= 4 is 7.12 Å². The minimum atomic E-state index is -0.298. The average molecular weight is 416 g/mol. The Balaban J connectivity index is 1.47. The first kappa shape index (κ1) is 23.6. The highest BCUT2D eigenvalue weighted by atomic mass is 16.7. The number of hydrogen-bond acceptors (Lipinski definition) is 4. The summed E-state index contributed by atoms with van der Waals surface area (Å²) in [5.41, 5.74) is 0.679. The fraction of sp³-hybridized carbons (Fsp3) is 0.760. The van der Waals surface area contributed by atoms with Crippen molar-refractivity contribution in [1.29, 1.82) is 0 Å². The van der Waals surface area contributed by atoms with Gasteiger partial charge in [-0.1, -0.05) is 57.1 Å². The number of methoxy groups -OCH3 is 1. The summed E-state index contributed by atoms with van der Waals surface area (Å²) in [6, 6.07) is 8.41. The SMILES string of the molecule is COc1ccc([C@@H](CCCCCCCCCC2CO2)B2OC(C)(C)C(C)(C)O2)cc1. The number of rotatable bonds is 13. The summed E-state index contributed by atoms with van der Waals surface area (Å²) in [7, 11) is 1.51. The van der Waals surface area contributed by atoms with E-state index in [0.717, 1.165) is 18.8 Å². The minimum absolute atomic E-state index is 0.201. The van der Waals surface area contributed by atoms with Crippen LogP contribution in [0.2, 0.25) is 0 Å². The molecular weight excluding hydrogens is 375 g/mol. The van der Waals surface area contributed by atoms with Gasteiger partial charge in [0.1, 0.15) is 5.75 Å². The van der Waals surface area contributed by atoms with Gasteiger partial charge in [-0.05, 0) is 58.2 Å². The second kappa shape index (κ2) is 10.5. The number of hydrogen-bond donors (Lipinski definition) is 0. The zero-order valence-electron chi connectivity index (χ0n) is 19.7. The van der Waals surface area contributed by atoms with Gasteiger partial charge in [0, 0.05) is 5.82 Å². The third kappa shape index (κ3) is 6.48. The lowest BCUT2D eigenvalue weighted by molar-refractivity contribution is 0.00578. The molecule has 0 aromatic heterocycles. The second-order valence-corrected chi connectivity index (χ2v) is 10.0. The standard InChI is InChI=1S/C25H41BO4/c1-24(2)25(3,4)30-26(29-24)23(20-15-17-21(27-5)18-16-20)14-12-10-8-6-7-9-11-13-22-19-28-22/h15-18,22-23H,6-14,19H2,1-5H3/t22?,23-/m1/s1. The fourth-order valence-electron chi connectivity index (χ4n) is 4.22. The van der Waals surface area contributed by atoms with Gasteiger partial charge in [0.05, 0.1) is 31.0 Å². The molecule has 5 heteroatoms. The maximum atomic E-state index is 6.42. The van der Waals surface area contributed by atoms with Crippen molar-refractivity contribution in [3.8, 4) is 5.75 Å². The predicted molar refractivity (Wildman–Crippen MR) is 123 cm³/mol. The van der Waals surface area contributed by atoms with Crippen LogP contribution in [0.3, 0.4) is 0 Å². The van der Waals surface area contributed by atoms with Crippen LogP contribution in [0.1, 0.15) is 96.9 Å². The summed E-state index contributed by atoms with van der Waals surface area (Å²) in [5.74, 6) is 1.13. The highest BCUT2D eigenvalue weighted by Crippen LogP contribution is 2.42. The third-order valence-electron chi connectivity index (χ3n) is 7.09. The third-order valence-corrected chi connectivity index (χ3v) is 7.09. The van der Waals surface area contributed by atoms with Crippen molar-refractivity contribution in [3.63, 3.8) is 0 Å². The molecule has 2 aliphatic heterocycles. The van der Waals surface area contributed by atoms with Crippen molar-refractivity contribution < 1.29 is 18.8 Å². The van der Waals surface area contributed by atoms with Crippen LogP contribution in [0.5, 0.6) is 5.75 Å². The van der Waals surface area contributed by atoms with Gasteiger partial charge < -0.3 is 18.8 Å². The Hall–Kier alpha value is -1.04. The maximum Gasteiger partial charge on any atom is 0.465 e. The van der Waals surface area contributed by atoms with Crippen LogP contribution in [-0.4, -0.2) is 38.1 Å². The molecule has 2 aliphatic rings. The van der Waals surface area contributed by atoms with Crippen molar-refractivity contribution in [1.82, 2.24) is 0 Å². The molecule has 0 amide bonds. The molecule has 0 saturated carbocycles. The van der Waals surface area contributed by atoms with E-state index in [9.17, 15) is 0 Å².